The first-order chi connectivity index (χ1) is 16.8. The highest BCUT2D eigenvalue weighted by atomic mass is 79.9. The molecule has 2 amide bonds. The fourth-order valence-electron chi connectivity index (χ4n) is 3.62. The predicted octanol–water partition coefficient (Wildman–Crippen LogP) is 5.34. The van der Waals surface area contributed by atoms with E-state index in [-0.39, 0.29) is 11.8 Å². The Morgan fingerprint density at radius 2 is 1.89 bits per heavy atom. The molecule has 0 aliphatic heterocycles. The van der Waals surface area contributed by atoms with E-state index in [9.17, 15) is 9.59 Å². The maximum absolute atomic E-state index is 12.7. The van der Waals surface area contributed by atoms with Gasteiger partial charge >= 0.3 is 0 Å². The van der Waals surface area contributed by atoms with Crippen LogP contribution in [0.1, 0.15) is 23.7 Å². The summed E-state index contributed by atoms with van der Waals surface area (Å²) in [4.78, 5) is 30.3. The number of aromatic nitrogens is 3. The molecule has 0 saturated carbocycles. The Balaban J connectivity index is 1.40. The van der Waals surface area contributed by atoms with Crippen molar-refractivity contribution in [1.82, 2.24) is 19.5 Å². The molecule has 0 saturated heterocycles. The smallest absolute Gasteiger partial charge is 0.253 e. The van der Waals surface area contributed by atoms with Crippen LogP contribution in [0.2, 0.25) is 5.02 Å². The summed E-state index contributed by atoms with van der Waals surface area (Å²) in [5.41, 5.74) is 3.48. The van der Waals surface area contributed by atoms with Crippen molar-refractivity contribution in [2.24, 2.45) is 0 Å². The molecule has 0 bridgehead atoms. The molecule has 10 heteroatoms. The molecular weight excluding hydrogens is 532 g/mol. The van der Waals surface area contributed by atoms with Crippen molar-refractivity contribution in [2.45, 2.75) is 13.3 Å². The number of carbonyl (C=O) groups excluding carboxylic acids is 2. The van der Waals surface area contributed by atoms with Gasteiger partial charge in [-0.2, -0.15) is 9.61 Å². The lowest BCUT2D eigenvalue weighted by molar-refractivity contribution is -0.114. The van der Waals surface area contributed by atoms with Crippen LogP contribution in [0, 0.1) is 0 Å². The van der Waals surface area contributed by atoms with E-state index in [4.69, 9.17) is 16.6 Å². The van der Waals surface area contributed by atoms with Gasteiger partial charge in [-0.25, -0.2) is 4.98 Å². The van der Waals surface area contributed by atoms with Gasteiger partial charge in [-0.3, -0.25) is 9.59 Å². The van der Waals surface area contributed by atoms with Gasteiger partial charge in [0.15, 0.2) is 5.65 Å². The minimum Gasteiger partial charge on any atom is -0.370 e. The van der Waals surface area contributed by atoms with Gasteiger partial charge in [0.25, 0.3) is 5.91 Å². The normalized spacial score (nSPS) is 10.9. The van der Waals surface area contributed by atoms with Crippen molar-refractivity contribution in [3.05, 3.63) is 75.9 Å². The van der Waals surface area contributed by atoms with Crippen LogP contribution in [0.3, 0.4) is 0 Å². The summed E-state index contributed by atoms with van der Waals surface area (Å²) >= 11 is 9.91. The third-order valence-electron chi connectivity index (χ3n) is 5.35. The van der Waals surface area contributed by atoms with Gasteiger partial charge in [0.05, 0.1) is 16.4 Å². The van der Waals surface area contributed by atoms with E-state index in [1.807, 2.05) is 30.3 Å². The predicted molar refractivity (Wildman–Crippen MR) is 142 cm³/mol. The van der Waals surface area contributed by atoms with Crippen molar-refractivity contribution in [2.75, 3.05) is 30.8 Å². The van der Waals surface area contributed by atoms with Gasteiger partial charge in [-0.15, -0.1) is 0 Å². The second-order valence-corrected chi connectivity index (χ2v) is 9.26. The summed E-state index contributed by atoms with van der Waals surface area (Å²) in [7, 11) is 1.77. The zero-order valence-corrected chi connectivity index (χ0v) is 21.6. The van der Waals surface area contributed by atoms with E-state index in [0.29, 0.717) is 35.0 Å². The number of rotatable bonds is 8. The van der Waals surface area contributed by atoms with E-state index in [2.05, 4.69) is 31.7 Å². The molecule has 2 aromatic carbocycles. The Bertz CT molecular complexity index is 1370. The molecule has 0 fully saturated rings. The van der Waals surface area contributed by atoms with E-state index in [1.165, 1.54) is 6.92 Å². The van der Waals surface area contributed by atoms with Crippen LogP contribution in [0.4, 0.5) is 11.5 Å². The first kappa shape index (κ1) is 24.7. The molecule has 0 aliphatic rings. The number of halogens is 2. The molecule has 0 radical (unpaired) electrons. The molecule has 0 spiro atoms. The van der Waals surface area contributed by atoms with Crippen molar-refractivity contribution < 1.29 is 9.59 Å². The molecular formula is C25H24BrClN6O2. The number of nitrogens with one attached hydrogen (secondary N) is 2. The highest BCUT2D eigenvalue weighted by molar-refractivity contribution is 9.10. The van der Waals surface area contributed by atoms with Crippen LogP contribution in [0.15, 0.2) is 65.3 Å². The number of hydrogen-bond acceptors (Lipinski definition) is 5. The Morgan fingerprint density at radius 3 is 2.60 bits per heavy atom. The summed E-state index contributed by atoms with van der Waals surface area (Å²) in [5.74, 6) is 0.544. The van der Waals surface area contributed by atoms with Gasteiger partial charge in [-0.05, 0) is 52.7 Å². The number of fused-ring (bicyclic) bond motifs is 1. The van der Waals surface area contributed by atoms with Crippen molar-refractivity contribution in [3.63, 3.8) is 0 Å². The molecule has 4 aromatic rings. The molecule has 8 nitrogen and oxygen atoms in total. The molecule has 0 atom stereocenters. The third kappa shape index (κ3) is 5.80. The molecule has 4 rings (SSSR count). The molecule has 2 aromatic heterocycles. The molecule has 35 heavy (non-hydrogen) atoms. The minimum atomic E-state index is -0.151. The van der Waals surface area contributed by atoms with Gasteiger partial charge in [0.2, 0.25) is 5.91 Å². The Morgan fingerprint density at radius 1 is 1.14 bits per heavy atom. The van der Waals surface area contributed by atoms with E-state index in [0.717, 1.165) is 28.0 Å². The number of hydrogen-bond donors (Lipinski definition) is 2. The monoisotopic (exact) mass is 554 g/mol. The zero-order valence-electron chi connectivity index (χ0n) is 19.3. The molecule has 0 aliphatic carbocycles. The number of benzene rings is 2. The fraction of sp³-hybridized carbons (Fsp3) is 0.200. The lowest BCUT2D eigenvalue weighted by Crippen LogP contribution is -2.29. The van der Waals surface area contributed by atoms with E-state index in [1.54, 1.807) is 46.9 Å². The molecule has 0 unspecified atom stereocenters. The average molecular weight is 556 g/mol. The van der Waals surface area contributed by atoms with Crippen LogP contribution in [0.25, 0.3) is 16.9 Å². The Hall–Kier alpha value is -3.43. The SMILES string of the molecule is CC(=O)Nc1ccc(C(=O)N(C)CCCNc2cc(-c3ccccc3Cl)nc3c(Br)cnn23)cc1. The lowest BCUT2D eigenvalue weighted by Gasteiger charge is -2.18. The summed E-state index contributed by atoms with van der Waals surface area (Å²) in [6, 6.07) is 16.3. The fourth-order valence-corrected chi connectivity index (χ4v) is 4.20. The Labute approximate surface area is 216 Å². The van der Waals surface area contributed by atoms with Gasteiger partial charge < -0.3 is 15.5 Å². The van der Waals surface area contributed by atoms with Gasteiger partial charge in [0, 0.05) is 55.0 Å². The summed E-state index contributed by atoms with van der Waals surface area (Å²) < 4.78 is 2.51. The average Bonchev–Trinajstić information content (AvgIpc) is 3.22. The highest BCUT2D eigenvalue weighted by Crippen LogP contribution is 2.30. The van der Waals surface area contributed by atoms with Crippen molar-refractivity contribution >= 4 is 56.5 Å². The van der Waals surface area contributed by atoms with E-state index < -0.39 is 0 Å². The van der Waals surface area contributed by atoms with Crippen molar-refractivity contribution in [3.8, 4) is 11.3 Å². The minimum absolute atomic E-state index is 0.0808. The first-order valence-electron chi connectivity index (χ1n) is 11.0. The standard InChI is InChI=1S/C25H24BrClN6O2/c1-16(34)30-18-10-8-17(9-11-18)25(35)32(2)13-5-12-28-23-14-22(19-6-3-4-7-21(19)27)31-24-20(26)15-29-33(23)24/h3-4,6-11,14-15,28H,5,12-13H2,1-2H3,(H,30,34). The Kier molecular flexibility index (Phi) is 7.67. The quantitative estimate of drug-likeness (QED) is 0.286. The zero-order chi connectivity index (χ0) is 24.9. The van der Waals surface area contributed by atoms with E-state index >= 15 is 0 Å². The van der Waals surface area contributed by atoms with Crippen LogP contribution in [-0.4, -0.2) is 51.4 Å². The number of nitrogens with zero attached hydrogens (tertiary/aromatic N) is 4. The topological polar surface area (TPSA) is 91.6 Å². The second kappa shape index (κ2) is 10.9. The largest absolute Gasteiger partial charge is 0.370 e. The van der Waals surface area contributed by atoms with Crippen LogP contribution < -0.4 is 10.6 Å². The summed E-state index contributed by atoms with van der Waals surface area (Å²) in [6.45, 7) is 2.63. The maximum Gasteiger partial charge on any atom is 0.253 e. The van der Waals surface area contributed by atoms with Gasteiger partial charge in [-0.1, -0.05) is 29.8 Å². The molecule has 2 heterocycles. The first-order valence-corrected chi connectivity index (χ1v) is 12.2. The van der Waals surface area contributed by atoms with Crippen LogP contribution in [-0.2, 0) is 4.79 Å². The summed E-state index contributed by atoms with van der Waals surface area (Å²) in [5, 5.41) is 11.1. The number of carbonyl (C=O) groups is 2. The third-order valence-corrected chi connectivity index (χ3v) is 6.24. The lowest BCUT2D eigenvalue weighted by atomic mass is 10.1. The highest BCUT2D eigenvalue weighted by Gasteiger charge is 2.14. The van der Waals surface area contributed by atoms with Crippen molar-refractivity contribution in [1.29, 1.82) is 0 Å². The summed E-state index contributed by atoms with van der Waals surface area (Å²) in [6.07, 6.45) is 2.42. The molecule has 180 valence electrons. The number of anilines is 2. The number of amides is 2. The molecule has 2 N–H and O–H groups in total. The van der Waals surface area contributed by atoms with Crippen LogP contribution in [0.5, 0.6) is 0 Å². The van der Waals surface area contributed by atoms with Gasteiger partial charge in [0.1, 0.15) is 5.82 Å². The second-order valence-electron chi connectivity index (χ2n) is 8.00. The maximum atomic E-state index is 12.7. The van der Waals surface area contributed by atoms with Crippen LogP contribution >= 0.6 is 27.5 Å².